The van der Waals surface area contributed by atoms with E-state index in [-0.39, 0.29) is 37.7 Å². The van der Waals surface area contributed by atoms with Crippen LogP contribution in [0.2, 0.25) is 0 Å². The first-order valence-corrected chi connectivity index (χ1v) is 6.55. The van der Waals surface area contributed by atoms with E-state index in [1.165, 1.54) is 0 Å². The van der Waals surface area contributed by atoms with Gasteiger partial charge in [-0.3, -0.25) is 9.59 Å². The Morgan fingerprint density at radius 2 is 1.78 bits per heavy atom. The molecule has 0 aliphatic rings. The number of carbonyl (C=O) groups is 2. The van der Waals surface area contributed by atoms with Gasteiger partial charge in [-0.25, -0.2) is 0 Å². The van der Waals surface area contributed by atoms with Crippen LogP contribution in [0, 0.1) is 5.92 Å². The summed E-state index contributed by atoms with van der Waals surface area (Å²) in [5.41, 5.74) is 0. The summed E-state index contributed by atoms with van der Waals surface area (Å²) in [6.45, 7) is 4.10. The van der Waals surface area contributed by atoms with Crippen molar-refractivity contribution < 1.29 is 24.2 Å². The number of carbonyl (C=O) groups excluding carboxylic acids is 2. The number of rotatable bonds is 10. The topological polar surface area (TPSA) is 72.8 Å². The maximum atomic E-state index is 11.3. The molecule has 1 unspecified atom stereocenters. The van der Waals surface area contributed by atoms with Crippen molar-refractivity contribution in [2.45, 2.75) is 46.0 Å². The van der Waals surface area contributed by atoms with Gasteiger partial charge in [-0.2, -0.15) is 0 Å². The second-order valence-corrected chi connectivity index (χ2v) is 4.23. The molecule has 0 bridgehead atoms. The van der Waals surface area contributed by atoms with Crippen molar-refractivity contribution in [1.29, 1.82) is 0 Å². The molecule has 0 aliphatic heterocycles. The van der Waals surface area contributed by atoms with Gasteiger partial charge in [-0.05, 0) is 19.3 Å². The maximum absolute atomic E-state index is 11.3. The van der Waals surface area contributed by atoms with Gasteiger partial charge in [0.25, 0.3) is 0 Å². The van der Waals surface area contributed by atoms with Crippen LogP contribution in [0.4, 0.5) is 0 Å². The highest BCUT2D eigenvalue weighted by atomic mass is 16.6. The Bertz CT molecular complexity index is 240. The van der Waals surface area contributed by atoms with Crippen molar-refractivity contribution in [1.82, 2.24) is 0 Å². The van der Waals surface area contributed by atoms with E-state index in [2.05, 4.69) is 0 Å². The zero-order valence-corrected chi connectivity index (χ0v) is 11.3. The van der Waals surface area contributed by atoms with E-state index in [0.29, 0.717) is 19.3 Å². The molecule has 106 valence electrons. The standard InChI is InChI=1S/C13H24O5/c1-3-11(2)13(16)18-10-9-17-12(15)7-5-4-6-8-14/h11,14H,3-10H2,1-2H3. The van der Waals surface area contributed by atoms with E-state index in [9.17, 15) is 9.59 Å². The van der Waals surface area contributed by atoms with Crippen LogP contribution in [-0.4, -0.2) is 36.9 Å². The van der Waals surface area contributed by atoms with Crippen molar-refractivity contribution in [3.8, 4) is 0 Å². The molecule has 0 rings (SSSR count). The Balaban J connectivity index is 3.43. The second-order valence-electron chi connectivity index (χ2n) is 4.23. The molecule has 0 aromatic heterocycles. The summed E-state index contributed by atoms with van der Waals surface area (Å²) in [5, 5.41) is 8.56. The highest BCUT2D eigenvalue weighted by Gasteiger charge is 2.11. The van der Waals surface area contributed by atoms with Crippen LogP contribution in [0.5, 0.6) is 0 Å². The summed E-state index contributed by atoms with van der Waals surface area (Å²) in [7, 11) is 0. The van der Waals surface area contributed by atoms with Crippen LogP contribution < -0.4 is 0 Å². The smallest absolute Gasteiger partial charge is 0.308 e. The predicted octanol–water partition coefficient (Wildman–Crippen LogP) is 1.67. The van der Waals surface area contributed by atoms with E-state index < -0.39 is 0 Å². The number of esters is 2. The third-order valence-electron chi connectivity index (χ3n) is 2.64. The normalized spacial score (nSPS) is 11.9. The van der Waals surface area contributed by atoms with Crippen molar-refractivity contribution in [2.75, 3.05) is 19.8 Å². The summed E-state index contributed by atoms with van der Waals surface area (Å²) in [4.78, 5) is 22.5. The molecule has 0 spiro atoms. The molecule has 0 aliphatic carbocycles. The van der Waals surface area contributed by atoms with E-state index in [1.807, 2.05) is 6.92 Å². The number of unbranched alkanes of at least 4 members (excludes halogenated alkanes) is 2. The first-order valence-electron chi connectivity index (χ1n) is 6.55. The Hall–Kier alpha value is -1.10. The lowest BCUT2D eigenvalue weighted by Crippen LogP contribution is -2.18. The molecule has 1 N–H and O–H groups in total. The quantitative estimate of drug-likeness (QED) is 0.478. The Morgan fingerprint density at radius 3 is 2.39 bits per heavy atom. The second kappa shape index (κ2) is 11.0. The number of hydrogen-bond acceptors (Lipinski definition) is 5. The molecule has 0 fully saturated rings. The van der Waals surface area contributed by atoms with Gasteiger partial charge in [0.15, 0.2) is 0 Å². The van der Waals surface area contributed by atoms with Gasteiger partial charge in [0.2, 0.25) is 0 Å². The van der Waals surface area contributed by atoms with Gasteiger partial charge >= 0.3 is 11.9 Å². The maximum Gasteiger partial charge on any atom is 0.308 e. The summed E-state index contributed by atoms with van der Waals surface area (Å²) >= 11 is 0. The summed E-state index contributed by atoms with van der Waals surface area (Å²) in [6, 6.07) is 0. The lowest BCUT2D eigenvalue weighted by atomic mass is 10.1. The highest BCUT2D eigenvalue weighted by Crippen LogP contribution is 2.03. The number of ether oxygens (including phenoxy) is 2. The number of aliphatic hydroxyl groups excluding tert-OH is 1. The highest BCUT2D eigenvalue weighted by molar-refractivity contribution is 5.72. The summed E-state index contributed by atoms with van der Waals surface area (Å²) < 4.78 is 9.85. The first kappa shape index (κ1) is 16.9. The minimum Gasteiger partial charge on any atom is -0.462 e. The van der Waals surface area contributed by atoms with E-state index in [0.717, 1.165) is 12.8 Å². The van der Waals surface area contributed by atoms with E-state index in [4.69, 9.17) is 14.6 Å². The fraction of sp³-hybridized carbons (Fsp3) is 0.846. The fourth-order valence-electron chi connectivity index (χ4n) is 1.24. The zero-order chi connectivity index (χ0) is 13.8. The molecule has 0 amide bonds. The first-order chi connectivity index (χ1) is 8.61. The molecule has 0 radical (unpaired) electrons. The van der Waals surface area contributed by atoms with Crippen LogP contribution in [0.25, 0.3) is 0 Å². The monoisotopic (exact) mass is 260 g/mol. The van der Waals surface area contributed by atoms with Gasteiger partial charge in [0, 0.05) is 13.0 Å². The summed E-state index contributed by atoms with van der Waals surface area (Å²) in [5.74, 6) is -0.650. The van der Waals surface area contributed by atoms with Crippen molar-refractivity contribution in [3.63, 3.8) is 0 Å². The van der Waals surface area contributed by atoms with E-state index >= 15 is 0 Å². The molecule has 0 saturated heterocycles. The molecule has 0 saturated carbocycles. The minimum absolute atomic E-state index is 0.112. The number of hydrogen-bond donors (Lipinski definition) is 1. The summed E-state index contributed by atoms with van der Waals surface area (Å²) in [6.07, 6.45) is 3.32. The molecule has 18 heavy (non-hydrogen) atoms. The third kappa shape index (κ3) is 8.98. The van der Waals surface area contributed by atoms with Crippen molar-refractivity contribution in [2.24, 2.45) is 5.92 Å². The molecule has 1 atom stereocenters. The molecular formula is C13H24O5. The van der Waals surface area contributed by atoms with Gasteiger partial charge in [0.1, 0.15) is 13.2 Å². The lowest BCUT2D eigenvalue weighted by molar-refractivity contribution is -0.154. The Morgan fingerprint density at radius 1 is 1.11 bits per heavy atom. The molecule has 0 aromatic rings. The molecule has 0 heterocycles. The largest absolute Gasteiger partial charge is 0.462 e. The van der Waals surface area contributed by atoms with Gasteiger partial charge in [0.05, 0.1) is 5.92 Å². The minimum atomic E-state index is -0.285. The van der Waals surface area contributed by atoms with Crippen molar-refractivity contribution >= 4 is 11.9 Å². The average Bonchev–Trinajstić information content (AvgIpc) is 2.38. The third-order valence-corrected chi connectivity index (χ3v) is 2.64. The van der Waals surface area contributed by atoms with E-state index in [1.54, 1.807) is 6.92 Å². The van der Waals surface area contributed by atoms with Gasteiger partial charge < -0.3 is 14.6 Å². The predicted molar refractivity (Wildman–Crippen MR) is 66.9 cm³/mol. The zero-order valence-electron chi connectivity index (χ0n) is 11.3. The molecule has 5 heteroatoms. The van der Waals surface area contributed by atoms with Gasteiger partial charge in [-0.1, -0.05) is 20.3 Å². The van der Waals surface area contributed by atoms with Crippen LogP contribution in [-0.2, 0) is 19.1 Å². The van der Waals surface area contributed by atoms with Crippen LogP contribution in [0.15, 0.2) is 0 Å². The van der Waals surface area contributed by atoms with Gasteiger partial charge in [-0.15, -0.1) is 0 Å². The SMILES string of the molecule is CCC(C)C(=O)OCCOC(=O)CCCCCO. The average molecular weight is 260 g/mol. The Kier molecular flexibility index (Phi) is 10.3. The van der Waals surface area contributed by atoms with Crippen LogP contribution in [0.3, 0.4) is 0 Å². The van der Waals surface area contributed by atoms with Crippen LogP contribution >= 0.6 is 0 Å². The molecule has 0 aromatic carbocycles. The van der Waals surface area contributed by atoms with Crippen LogP contribution in [0.1, 0.15) is 46.0 Å². The fourth-order valence-corrected chi connectivity index (χ4v) is 1.24. The number of aliphatic hydroxyl groups is 1. The lowest BCUT2D eigenvalue weighted by Gasteiger charge is -2.09. The Labute approximate surface area is 108 Å². The van der Waals surface area contributed by atoms with Crippen molar-refractivity contribution in [3.05, 3.63) is 0 Å². The molecule has 5 nitrogen and oxygen atoms in total. The molecular weight excluding hydrogens is 236 g/mol.